The molecule has 1 atom stereocenters. The molecule has 1 nitrogen and oxygen atoms in total. The van der Waals surface area contributed by atoms with E-state index in [0.29, 0.717) is 5.92 Å². The lowest BCUT2D eigenvalue weighted by Gasteiger charge is -2.12. The Labute approximate surface area is 73.6 Å². The monoisotopic (exact) mass is 159 g/mol. The van der Waals surface area contributed by atoms with Gasteiger partial charge in [-0.3, -0.25) is 0 Å². The summed E-state index contributed by atoms with van der Waals surface area (Å²) in [4.78, 5) is 0. The van der Waals surface area contributed by atoms with Gasteiger partial charge in [-0.15, -0.1) is 0 Å². The molecule has 0 saturated heterocycles. The zero-order valence-corrected chi connectivity index (χ0v) is 7.49. The summed E-state index contributed by atoms with van der Waals surface area (Å²) in [5, 5.41) is 8.90. The van der Waals surface area contributed by atoms with Crippen molar-refractivity contribution < 1.29 is 0 Å². The highest BCUT2D eigenvalue weighted by Crippen LogP contribution is 2.22. The van der Waals surface area contributed by atoms with E-state index in [4.69, 9.17) is 5.26 Å². The average molecular weight is 159 g/mol. The van der Waals surface area contributed by atoms with Crippen LogP contribution in [0.5, 0.6) is 0 Å². The van der Waals surface area contributed by atoms with Crippen LogP contribution in [0.1, 0.15) is 25.3 Å². The number of rotatable bonds is 2. The van der Waals surface area contributed by atoms with Crippen LogP contribution in [0.3, 0.4) is 0 Å². The topological polar surface area (TPSA) is 23.8 Å². The van der Waals surface area contributed by atoms with Gasteiger partial charge in [0.1, 0.15) is 0 Å². The zero-order chi connectivity index (χ0) is 8.97. The first kappa shape index (κ1) is 8.80. The third-order valence-corrected chi connectivity index (χ3v) is 1.96. The molecular formula is C11H13N. The molecule has 0 heterocycles. The highest BCUT2D eigenvalue weighted by Gasteiger charge is 2.13. The molecule has 0 spiro atoms. The Balaban J connectivity index is 2.90. The van der Waals surface area contributed by atoms with Crippen molar-refractivity contribution in [3.63, 3.8) is 0 Å². The number of nitrogens with zero attached hydrogens (tertiary/aromatic N) is 1. The molecule has 62 valence electrons. The summed E-state index contributed by atoms with van der Waals surface area (Å²) in [7, 11) is 0. The standard InChI is InChI=1S/C11H13N/c1-9(2)11(8-12)10-6-4-3-5-7-10/h3-7,9,11H,1-2H3. The Morgan fingerprint density at radius 1 is 1.17 bits per heavy atom. The van der Waals surface area contributed by atoms with Gasteiger partial charge in [-0.2, -0.15) is 5.26 Å². The van der Waals surface area contributed by atoms with E-state index in [0.717, 1.165) is 5.56 Å². The molecule has 0 aliphatic carbocycles. The Morgan fingerprint density at radius 3 is 2.17 bits per heavy atom. The third kappa shape index (κ3) is 1.85. The Hall–Kier alpha value is -1.29. The fourth-order valence-electron chi connectivity index (χ4n) is 1.27. The van der Waals surface area contributed by atoms with Gasteiger partial charge in [-0.25, -0.2) is 0 Å². The smallest absolute Gasteiger partial charge is 0.0735 e. The Kier molecular flexibility index (Phi) is 2.88. The molecule has 12 heavy (non-hydrogen) atoms. The summed E-state index contributed by atoms with van der Waals surface area (Å²) in [6, 6.07) is 12.3. The van der Waals surface area contributed by atoms with Gasteiger partial charge in [0.05, 0.1) is 12.0 Å². The number of hydrogen-bond acceptors (Lipinski definition) is 1. The van der Waals surface area contributed by atoms with E-state index < -0.39 is 0 Å². The van der Waals surface area contributed by atoms with Gasteiger partial charge in [0.25, 0.3) is 0 Å². The highest BCUT2D eigenvalue weighted by atomic mass is 14.3. The van der Waals surface area contributed by atoms with Crippen LogP contribution < -0.4 is 0 Å². The second kappa shape index (κ2) is 3.92. The Bertz CT molecular complexity index is 269. The molecule has 1 rings (SSSR count). The molecule has 1 aromatic rings. The van der Waals surface area contributed by atoms with Crippen molar-refractivity contribution in [1.29, 1.82) is 5.26 Å². The van der Waals surface area contributed by atoms with Gasteiger partial charge in [0.2, 0.25) is 0 Å². The van der Waals surface area contributed by atoms with Crippen LogP contribution in [-0.2, 0) is 0 Å². The number of hydrogen-bond donors (Lipinski definition) is 0. The molecule has 0 saturated carbocycles. The maximum Gasteiger partial charge on any atom is 0.0735 e. The first-order chi connectivity index (χ1) is 5.75. The van der Waals surface area contributed by atoms with Crippen molar-refractivity contribution in [3.8, 4) is 6.07 Å². The second-order valence-electron chi connectivity index (χ2n) is 3.26. The van der Waals surface area contributed by atoms with Crippen molar-refractivity contribution in [1.82, 2.24) is 0 Å². The zero-order valence-electron chi connectivity index (χ0n) is 7.49. The molecule has 0 N–H and O–H groups in total. The second-order valence-corrected chi connectivity index (χ2v) is 3.26. The largest absolute Gasteiger partial charge is 0.198 e. The van der Waals surface area contributed by atoms with Crippen molar-refractivity contribution >= 4 is 0 Å². The number of benzene rings is 1. The van der Waals surface area contributed by atoms with Gasteiger partial charge >= 0.3 is 0 Å². The molecule has 1 unspecified atom stereocenters. The third-order valence-electron chi connectivity index (χ3n) is 1.96. The molecule has 0 radical (unpaired) electrons. The van der Waals surface area contributed by atoms with Gasteiger partial charge in [-0.05, 0) is 11.5 Å². The fourth-order valence-corrected chi connectivity index (χ4v) is 1.27. The molecule has 0 aliphatic rings. The van der Waals surface area contributed by atoms with Crippen LogP contribution >= 0.6 is 0 Å². The summed E-state index contributed by atoms with van der Waals surface area (Å²) in [5.41, 5.74) is 1.12. The van der Waals surface area contributed by atoms with Crippen LogP contribution in [0.2, 0.25) is 0 Å². The summed E-state index contributed by atoms with van der Waals surface area (Å²) < 4.78 is 0. The summed E-state index contributed by atoms with van der Waals surface area (Å²) in [6.45, 7) is 4.14. The molecule has 1 aromatic carbocycles. The predicted octanol–water partition coefficient (Wildman–Crippen LogP) is 2.95. The Morgan fingerprint density at radius 2 is 1.75 bits per heavy atom. The minimum Gasteiger partial charge on any atom is -0.198 e. The van der Waals surface area contributed by atoms with Crippen LogP contribution in [0.25, 0.3) is 0 Å². The molecule has 0 aromatic heterocycles. The van der Waals surface area contributed by atoms with E-state index in [2.05, 4.69) is 19.9 Å². The maximum atomic E-state index is 8.90. The van der Waals surface area contributed by atoms with Crippen LogP contribution in [0, 0.1) is 17.2 Å². The molecular weight excluding hydrogens is 146 g/mol. The lowest BCUT2D eigenvalue weighted by molar-refractivity contribution is 0.587. The van der Waals surface area contributed by atoms with Crippen LogP contribution in [0.15, 0.2) is 30.3 Å². The first-order valence-electron chi connectivity index (χ1n) is 4.20. The van der Waals surface area contributed by atoms with E-state index >= 15 is 0 Å². The van der Waals surface area contributed by atoms with Crippen molar-refractivity contribution in [3.05, 3.63) is 35.9 Å². The lowest BCUT2D eigenvalue weighted by Crippen LogP contribution is -2.03. The molecule has 0 fully saturated rings. The van der Waals surface area contributed by atoms with Gasteiger partial charge in [0.15, 0.2) is 0 Å². The van der Waals surface area contributed by atoms with E-state index in [9.17, 15) is 0 Å². The minimum atomic E-state index is 0.0335. The van der Waals surface area contributed by atoms with E-state index in [1.807, 2.05) is 30.3 Å². The summed E-state index contributed by atoms with van der Waals surface area (Å²) in [6.07, 6.45) is 0. The molecule has 0 amide bonds. The van der Waals surface area contributed by atoms with Crippen molar-refractivity contribution in [2.45, 2.75) is 19.8 Å². The van der Waals surface area contributed by atoms with Crippen LogP contribution in [-0.4, -0.2) is 0 Å². The highest BCUT2D eigenvalue weighted by molar-refractivity contribution is 5.25. The fraction of sp³-hybridized carbons (Fsp3) is 0.364. The summed E-state index contributed by atoms with van der Waals surface area (Å²) >= 11 is 0. The first-order valence-corrected chi connectivity index (χ1v) is 4.20. The van der Waals surface area contributed by atoms with Crippen molar-refractivity contribution in [2.75, 3.05) is 0 Å². The molecule has 1 heteroatoms. The normalized spacial score (nSPS) is 12.5. The lowest BCUT2D eigenvalue weighted by atomic mass is 9.90. The molecule has 0 aliphatic heterocycles. The van der Waals surface area contributed by atoms with Crippen LogP contribution in [0.4, 0.5) is 0 Å². The number of nitriles is 1. The van der Waals surface area contributed by atoms with E-state index in [-0.39, 0.29) is 5.92 Å². The van der Waals surface area contributed by atoms with E-state index in [1.165, 1.54) is 0 Å². The quantitative estimate of drug-likeness (QED) is 0.650. The maximum absolute atomic E-state index is 8.90. The average Bonchev–Trinajstić information content (AvgIpc) is 2.07. The SMILES string of the molecule is CC(C)C(C#N)c1ccccc1. The van der Waals surface area contributed by atoms with Gasteiger partial charge in [-0.1, -0.05) is 44.2 Å². The van der Waals surface area contributed by atoms with Crippen molar-refractivity contribution in [2.24, 2.45) is 5.92 Å². The van der Waals surface area contributed by atoms with Gasteiger partial charge < -0.3 is 0 Å². The summed E-state index contributed by atoms with van der Waals surface area (Å²) in [5.74, 6) is 0.420. The minimum absolute atomic E-state index is 0.0335. The van der Waals surface area contributed by atoms with E-state index in [1.54, 1.807) is 0 Å². The predicted molar refractivity (Wildman–Crippen MR) is 49.6 cm³/mol. The van der Waals surface area contributed by atoms with Gasteiger partial charge in [0, 0.05) is 0 Å². The molecule has 0 bridgehead atoms.